The van der Waals surface area contributed by atoms with Crippen molar-refractivity contribution >= 4 is 46.4 Å². The summed E-state index contributed by atoms with van der Waals surface area (Å²) in [4.78, 5) is 1.23. The molecule has 0 amide bonds. The number of ether oxygens (including phenoxy) is 1. The van der Waals surface area contributed by atoms with Crippen LogP contribution in [0.25, 0.3) is 0 Å². The largest absolute Gasteiger partial charge is 0.497 e. The van der Waals surface area contributed by atoms with Gasteiger partial charge < -0.3 is 15.4 Å². The minimum atomic E-state index is 0.482. The van der Waals surface area contributed by atoms with E-state index in [1.807, 2.05) is 60.3 Å². The summed E-state index contributed by atoms with van der Waals surface area (Å²) in [6.07, 6.45) is 0. The third-order valence-electron chi connectivity index (χ3n) is 3.29. The first-order chi connectivity index (χ1) is 11.6. The quantitative estimate of drug-likeness (QED) is 0.518. The Morgan fingerprint density at radius 2 is 2.00 bits per heavy atom. The highest BCUT2D eigenvalue weighted by Gasteiger charge is 2.05. The number of halogens is 1. The Hall–Kier alpha value is -1.43. The number of hydrogen-bond donors (Lipinski definition) is 2. The lowest BCUT2D eigenvalue weighted by Crippen LogP contribution is -2.32. The van der Waals surface area contributed by atoms with Crippen molar-refractivity contribution in [1.82, 2.24) is 5.32 Å². The monoisotopic (exact) mass is 380 g/mol. The molecule has 2 aromatic carbocycles. The fourth-order valence-electron chi connectivity index (χ4n) is 1.97. The van der Waals surface area contributed by atoms with E-state index in [0.29, 0.717) is 11.0 Å². The van der Waals surface area contributed by atoms with Crippen molar-refractivity contribution in [2.24, 2.45) is 5.92 Å². The molecule has 0 aliphatic carbocycles. The SMILES string of the molecule is COc1cccc(NC(=S)NCC(C)CSc2ccc(Cl)cc2)c1. The average molecular weight is 381 g/mol. The van der Waals surface area contributed by atoms with E-state index in [2.05, 4.69) is 17.6 Å². The van der Waals surface area contributed by atoms with Gasteiger partial charge in [-0.2, -0.15) is 0 Å². The van der Waals surface area contributed by atoms with Crippen LogP contribution in [0.1, 0.15) is 6.92 Å². The Morgan fingerprint density at radius 3 is 2.71 bits per heavy atom. The maximum absolute atomic E-state index is 5.90. The number of rotatable bonds is 7. The summed E-state index contributed by atoms with van der Waals surface area (Å²) in [7, 11) is 1.65. The molecule has 2 aromatic rings. The first kappa shape index (κ1) is 18.9. The van der Waals surface area contributed by atoms with Gasteiger partial charge in [-0.1, -0.05) is 24.6 Å². The van der Waals surface area contributed by atoms with Gasteiger partial charge in [0.25, 0.3) is 0 Å². The molecule has 0 fully saturated rings. The van der Waals surface area contributed by atoms with Gasteiger partial charge in [-0.3, -0.25) is 0 Å². The number of methoxy groups -OCH3 is 1. The van der Waals surface area contributed by atoms with Crippen LogP contribution >= 0.6 is 35.6 Å². The van der Waals surface area contributed by atoms with Crippen LogP contribution in [0.2, 0.25) is 5.02 Å². The van der Waals surface area contributed by atoms with Gasteiger partial charge in [-0.25, -0.2) is 0 Å². The van der Waals surface area contributed by atoms with Crippen molar-refractivity contribution < 1.29 is 4.74 Å². The van der Waals surface area contributed by atoms with Gasteiger partial charge in [0.2, 0.25) is 0 Å². The highest BCUT2D eigenvalue weighted by molar-refractivity contribution is 7.99. The Kier molecular flexibility index (Phi) is 7.69. The molecule has 0 aliphatic rings. The summed E-state index contributed by atoms with van der Waals surface area (Å²) in [5.41, 5.74) is 0.912. The summed E-state index contributed by atoms with van der Waals surface area (Å²) in [6.45, 7) is 3.01. The lowest BCUT2D eigenvalue weighted by atomic mass is 10.2. The molecule has 0 bridgehead atoms. The molecule has 1 atom stereocenters. The zero-order valence-corrected chi connectivity index (χ0v) is 16.1. The van der Waals surface area contributed by atoms with Crippen molar-refractivity contribution in [3.8, 4) is 5.75 Å². The van der Waals surface area contributed by atoms with Crippen molar-refractivity contribution in [3.63, 3.8) is 0 Å². The molecule has 2 N–H and O–H groups in total. The molecule has 6 heteroatoms. The molecule has 0 spiro atoms. The Labute approximate surface area is 158 Å². The molecule has 1 unspecified atom stereocenters. The second-order valence-corrected chi connectivity index (χ2v) is 7.38. The van der Waals surface area contributed by atoms with Crippen molar-refractivity contribution in [2.45, 2.75) is 11.8 Å². The van der Waals surface area contributed by atoms with E-state index in [0.717, 1.165) is 28.8 Å². The van der Waals surface area contributed by atoms with E-state index < -0.39 is 0 Å². The lowest BCUT2D eigenvalue weighted by Gasteiger charge is -2.15. The Morgan fingerprint density at radius 1 is 1.25 bits per heavy atom. The van der Waals surface area contributed by atoms with Crippen LogP contribution in [-0.2, 0) is 0 Å². The molecular formula is C18H21ClN2OS2. The fraction of sp³-hybridized carbons (Fsp3) is 0.278. The van der Waals surface area contributed by atoms with Crippen LogP contribution in [0, 0.1) is 5.92 Å². The topological polar surface area (TPSA) is 33.3 Å². The zero-order chi connectivity index (χ0) is 17.4. The summed E-state index contributed by atoms with van der Waals surface area (Å²) < 4.78 is 5.20. The number of hydrogen-bond acceptors (Lipinski definition) is 3. The summed E-state index contributed by atoms with van der Waals surface area (Å²) in [5, 5.41) is 7.81. The third kappa shape index (κ3) is 6.59. The van der Waals surface area contributed by atoms with E-state index in [-0.39, 0.29) is 0 Å². The molecule has 128 valence electrons. The minimum absolute atomic E-state index is 0.482. The summed E-state index contributed by atoms with van der Waals surface area (Å²) in [5.74, 6) is 2.29. The van der Waals surface area contributed by atoms with Gasteiger partial charge in [0.05, 0.1) is 7.11 Å². The van der Waals surface area contributed by atoms with Crippen molar-refractivity contribution in [3.05, 3.63) is 53.6 Å². The first-order valence-electron chi connectivity index (χ1n) is 7.64. The standard InChI is InChI=1S/C18H21ClN2OS2/c1-13(12-24-17-8-6-14(19)7-9-17)11-20-18(23)21-15-4-3-5-16(10-15)22-2/h3-10,13H,11-12H2,1-2H3,(H2,20,21,23). The molecule has 0 saturated carbocycles. The maximum Gasteiger partial charge on any atom is 0.170 e. The van der Waals surface area contributed by atoms with E-state index in [1.54, 1.807) is 7.11 Å². The van der Waals surface area contributed by atoms with E-state index in [1.165, 1.54) is 4.90 Å². The Bertz CT molecular complexity index is 664. The minimum Gasteiger partial charge on any atom is -0.497 e. The van der Waals surface area contributed by atoms with Crippen LogP contribution < -0.4 is 15.4 Å². The van der Waals surface area contributed by atoms with Crippen LogP contribution in [0.5, 0.6) is 5.75 Å². The van der Waals surface area contributed by atoms with Crippen LogP contribution in [0.3, 0.4) is 0 Å². The van der Waals surface area contributed by atoms with Gasteiger partial charge in [0, 0.05) is 34.0 Å². The smallest absolute Gasteiger partial charge is 0.170 e. The molecular weight excluding hydrogens is 360 g/mol. The fourth-order valence-corrected chi connectivity index (χ4v) is 3.22. The number of thioether (sulfide) groups is 1. The summed E-state index contributed by atoms with van der Waals surface area (Å²) >= 11 is 13.1. The second kappa shape index (κ2) is 9.77. The number of anilines is 1. The highest BCUT2D eigenvalue weighted by Crippen LogP contribution is 2.22. The van der Waals surface area contributed by atoms with Gasteiger partial charge in [0.1, 0.15) is 5.75 Å². The highest BCUT2D eigenvalue weighted by atomic mass is 35.5. The Balaban J connectivity index is 1.71. The molecule has 3 nitrogen and oxygen atoms in total. The lowest BCUT2D eigenvalue weighted by molar-refractivity contribution is 0.415. The van der Waals surface area contributed by atoms with Crippen LogP contribution in [0.4, 0.5) is 5.69 Å². The number of nitrogens with one attached hydrogen (secondary N) is 2. The van der Waals surface area contributed by atoms with Crippen molar-refractivity contribution in [2.75, 3.05) is 24.7 Å². The number of benzene rings is 2. The third-order valence-corrected chi connectivity index (χ3v) is 5.13. The van der Waals surface area contributed by atoms with E-state index in [9.17, 15) is 0 Å². The van der Waals surface area contributed by atoms with Gasteiger partial charge in [0.15, 0.2) is 5.11 Å². The normalized spacial score (nSPS) is 11.6. The van der Waals surface area contributed by atoms with Gasteiger partial charge in [-0.15, -0.1) is 11.8 Å². The van der Waals surface area contributed by atoms with Gasteiger partial charge >= 0.3 is 0 Å². The van der Waals surface area contributed by atoms with E-state index in [4.69, 9.17) is 28.6 Å². The zero-order valence-electron chi connectivity index (χ0n) is 13.7. The molecule has 0 saturated heterocycles. The van der Waals surface area contributed by atoms with Crippen molar-refractivity contribution in [1.29, 1.82) is 0 Å². The summed E-state index contributed by atoms with van der Waals surface area (Å²) in [6, 6.07) is 15.6. The average Bonchev–Trinajstić information content (AvgIpc) is 2.59. The molecule has 0 radical (unpaired) electrons. The van der Waals surface area contributed by atoms with Gasteiger partial charge in [-0.05, 0) is 54.5 Å². The molecule has 0 aromatic heterocycles. The van der Waals surface area contributed by atoms with E-state index >= 15 is 0 Å². The second-order valence-electron chi connectivity index (χ2n) is 5.44. The molecule has 0 aliphatic heterocycles. The molecule has 24 heavy (non-hydrogen) atoms. The maximum atomic E-state index is 5.90. The molecule has 2 rings (SSSR count). The first-order valence-corrected chi connectivity index (χ1v) is 9.41. The predicted octanol–water partition coefficient (Wildman–Crippen LogP) is 5.06. The predicted molar refractivity (Wildman–Crippen MR) is 109 cm³/mol. The number of thiocarbonyl (C=S) groups is 1. The van der Waals surface area contributed by atoms with Crippen LogP contribution in [0.15, 0.2) is 53.4 Å². The molecule has 0 heterocycles. The van der Waals surface area contributed by atoms with Crippen LogP contribution in [-0.4, -0.2) is 24.5 Å².